The summed E-state index contributed by atoms with van der Waals surface area (Å²) in [5.74, 6) is -1.08. The number of amides is 1. The number of hydrogen-bond acceptors (Lipinski definition) is 7. The molecule has 0 bridgehead atoms. The fourth-order valence-electron chi connectivity index (χ4n) is 4.57. The van der Waals surface area contributed by atoms with Gasteiger partial charge in [0.1, 0.15) is 11.6 Å². The molecule has 36 heavy (non-hydrogen) atoms. The van der Waals surface area contributed by atoms with Crippen LogP contribution in [0, 0.1) is 0 Å². The third-order valence-electron chi connectivity index (χ3n) is 5.92. The molecule has 8 heteroatoms. The lowest BCUT2D eigenvalue weighted by molar-refractivity contribution is -0.150. The quantitative estimate of drug-likeness (QED) is 0.432. The Kier molecular flexibility index (Phi) is 8.74. The van der Waals surface area contributed by atoms with Crippen LogP contribution in [0.4, 0.5) is 4.79 Å². The van der Waals surface area contributed by atoms with Crippen molar-refractivity contribution in [2.24, 2.45) is 0 Å². The summed E-state index contributed by atoms with van der Waals surface area (Å²) in [6, 6.07) is 18.3. The van der Waals surface area contributed by atoms with Gasteiger partial charge < -0.3 is 19.5 Å². The van der Waals surface area contributed by atoms with Gasteiger partial charge in [-0.25, -0.2) is 9.59 Å². The number of likely N-dealkylation sites (tertiary alicyclic amines) is 1. The number of nitrogens with zero attached hydrogens (tertiary/aromatic N) is 1. The van der Waals surface area contributed by atoms with E-state index in [0.717, 1.165) is 11.1 Å². The highest BCUT2D eigenvalue weighted by atomic mass is 16.6. The lowest BCUT2D eigenvalue weighted by atomic mass is 9.96. The van der Waals surface area contributed by atoms with Gasteiger partial charge in [0.05, 0.1) is 19.3 Å². The van der Waals surface area contributed by atoms with Crippen molar-refractivity contribution < 1.29 is 28.6 Å². The van der Waals surface area contributed by atoms with E-state index in [1.165, 1.54) is 0 Å². The highest BCUT2D eigenvalue weighted by molar-refractivity contribution is 5.89. The number of esters is 2. The zero-order valence-corrected chi connectivity index (χ0v) is 21.7. The molecule has 1 amide bonds. The monoisotopic (exact) mass is 496 g/mol. The second-order valence-electron chi connectivity index (χ2n) is 9.80. The van der Waals surface area contributed by atoms with Crippen molar-refractivity contribution in [2.75, 3.05) is 19.8 Å². The normalized spacial score (nSPS) is 20.1. The van der Waals surface area contributed by atoms with Crippen molar-refractivity contribution in [1.29, 1.82) is 0 Å². The van der Waals surface area contributed by atoms with Gasteiger partial charge in [-0.3, -0.25) is 9.69 Å². The lowest BCUT2D eigenvalue weighted by Gasteiger charge is -2.34. The van der Waals surface area contributed by atoms with E-state index in [9.17, 15) is 14.4 Å². The first-order valence-electron chi connectivity index (χ1n) is 12.3. The van der Waals surface area contributed by atoms with Gasteiger partial charge in [0, 0.05) is 13.0 Å². The summed E-state index contributed by atoms with van der Waals surface area (Å²) in [6.45, 7) is 9.01. The van der Waals surface area contributed by atoms with E-state index in [2.05, 4.69) is 5.32 Å². The standard InChI is InChI=1S/C28H36N2O6/c1-6-34-24(31)22-18-28(25(32)35-7-2,29-26(33)36-27(3,4)5)19-30(22)23(20-14-10-8-11-15-20)21-16-12-9-13-17-21/h8-17,22-23H,6-7,18-19H2,1-5H3,(H,29,33). The Morgan fingerprint density at radius 2 is 1.47 bits per heavy atom. The van der Waals surface area contributed by atoms with Crippen LogP contribution in [0.3, 0.4) is 0 Å². The molecular weight excluding hydrogens is 460 g/mol. The molecule has 2 unspecified atom stereocenters. The number of carbonyl (C=O) groups excluding carboxylic acids is 3. The van der Waals surface area contributed by atoms with Gasteiger partial charge in [-0.05, 0) is 45.7 Å². The predicted octanol–water partition coefficient (Wildman–Crippen LogP) is 4.24. The number of rotatable bonds is 8. The maximum atomic E-state index is 13.4. The average molecular weight is 497 g/mol. The Morgan fingerprint density at radius 1 is 0.944 bits per heavy atom. The van der Waals surface area contributed by atoms with Crippen LogP contribution < -0.4 is 5.32 Å². The number of benzene rings is 2. The summed E-state index contributed by atoms with van der Waals surface area (Å²) >= 11 is 0. The molecule has 8 nitrogen and oxygen atoms in total. The van der Waals surface area contributed by atoms with Crippen LogP contribution >= 0.6 is 0 Å². The van der Waals surface area contributed by atoms with Gasteiger partial charge in [0.2, 0.25) is 0 Å². The minimum Gasteiger partial charge on any atom is -0.465 e. The van der Waals surface area contributed by atoms with E-state index in [-0.39, 0.29) is 32.2 Å². The van der Waals surface area contributed by atoms with Crippen molar-refractivity contribution in [1.82, 2.24) is 10.2 Å². The highest BCUT2D eigenvalue weighted by Gasteiger charge is 2.56. The number of nitrogens with one attached hydrogen (secondary N) is 1. The smallest absolute Gasteiger partial charge is 0.408 e. The summed E-state index contributed by atoms with van der Waals surface area (Å²) in [4.78, 5) is 41.4. The topological polar surface area (TPSA) is 94.2 Å². The Morgan fingerprint density at radius 3 is 1.94 bits per heavy atom. The summed E-state index contributed by atoms with van der Waals surface area (Å²) < 4.78 is 16.3. The van der Waals surface area contributed by atoms with Gasteiger partial charge in [-0.2, -0.15) is 0 Å². The summed E-state index contributed by atoms with van der Waals surface area (Å²) in [6.07, 6.45) is -0.768. The molecule has 0 spiro atoms. The van der Waals surface area contributed by atoms with Crippen LogP contribution in [0.5, 0.6) is 0 Å². The molecule has 1 heterocycles. The Labute approximate surface area is 212 Å². The largest absolute Gasteiger partial charge is 0.465 e. The Hall–Kier alpha value is -3.39. The number of hydrogen-bond donors (Lipinski definition) is 1. The first kappa shape index (κ1) is 27.2. The minimum atomic E-state index is -1.50. The molecular formula is C28H36N2O6. The van der Waals surface area contributed by atoms with Gasteiger partial charge in [-0.15, -0.1) is 0 Å². The molecule has 1 aliphatic rings. The lowest BCUT2D eigenvalue weighted by Crippen LogP contribution is -2.58. The Bertz CT molecular complexity index is 998. The number of ether oxygens (including phenoxy) is 3. The molecule has 0 aliphatic carbocycles. The molecule has 194 valence electrons. The SMILES string of the molecule is CCOC(=O)C1CC(NC(=O)OC(C)(C)C)(C(=O)OCC)CN1C(c1ccccc1)c1ccccc1. The average Bonchev–Trinajstić information content (AvgIpc) is 3.20. The van der Waals surface area contributed by atoms with E-state index in [0.29, 0.717) is 0 Å². The summed E-state index contributed by atoms with van der Waals surface area (Å²) in [5, 5.41) is 2.76. The fraction of sp³-hybridized carbons (Fsp3) is 0.464. The van der Waals surface area contributed by atoms with E-state index >= 15 is 0 Å². The first-order valence-corrected chi connectivity index (χ1v) is 12.3. The minimum absolute atomic E-state index is 0.0138. The van der Waals surface area contributed by atoms with Crippen LogP contribution in [-0.4, -0.2) is 59.9 Å². The highest BCUT2D eigenvalue weighted by Crippen LogP contribution is 2.39. The molecule has 0 radical (unpaired) electrons. The maximum Gasteiger partial charge on any atom is 0.408 e. The molecule has 3 rings (SSSR count). The van der Waals surface area contributed by atoms with Crippen molar-refractivity contribution in [2.45, 2.75) is 64.3 Å². The van der Waals surface area contributed by atoms with Gasteiger partial charge >= 0.3 is 18.0 Å². The molecule has 2 aromatic carbocycles. The maximum absolute atomic E-state index is 13.4. The zero-order valence-electron chi connectivity index (χ0n) is 21.7. The van der Waals surface area contributed by atoms with E-state index in [1.54, 1.807) is 34.6 Å². The summed E-state index contributed by atoms with van der Waals surface area (Å²) in [7, 11) is 0. The molecule has 2 atom stereocenters. The molecule has 2 aromatic rings. The number of carbonyl (C=O) groups is 3. The third-order valence-corrected chi connectivity index (χ3v) is 5.92. The van der Waals surface area contributed by atoms with E-state index < -0.39 is 35.2 Å². The fourth-order valence-corrected chi connectivity index (χ4v) is 4.57. The zero-order chi connectivity index (χ0) is 26.3. The van der Waals surface area contributed by atoms with Gasteiger partial charge in [0.15, 0.2) is 5.54 Å². The molecule has 0 saturated carbocycles. The van der Waals surface area contributed by atoms with Crippen LogP contribution in [0.1, 0.15) is 58.2 Å². The second kappa shape index (κ2) is 11.6. The third kappa shape index (κ3) is 6.43. The summed E-state index contributed by atoms with van der Waals surface area (Å²) in [5.41, 5.74) is -0.391. The molecule has 1 saturated heterocycles. The molecule has 1 N–H and O–H groups in total. The van der Waals surface area contributed by atoms with Crippen LogP contribution in [0.2, 0.25) is 0 Å². The van der Waals surface area contributed by atoms with Gasteiger partial charge in [0.25, 0.3) is 0 Å². The van der Waals surface area contributed by atoms with Crippen LogP contribution in [0.15, 0.2) is 60.7 Å². The van der Waals surface area contributed by atoms with Crippen molar-refractivity contribution in [3.63, 3.8) is 0 Å². The van der Waals surface area contributed by atoms with Gasteiger partial charge in [-0.1, -0.05) is 60.7 Å². The molecule has 1 fully saturated rings. The predicted molar refractivity (Wildman–Crippen MR) is 135 cm³/mol. The molecule has 1 aliphatic heterocycles. The number of alkyl carbamates (subject to hydrolysis) is 1. The van der Waals surface area contributed by atoms with Crippen LogP contribution in [-0.2, 0) is 23.8 Å². The Balaban J connectivity index is 2.11. The van der Waals surface area contributed by atoms with Crippen LogP contribution in [0.25, 0.3) is 0 Å². The molecule has 0 aromatic heterocycles. The first-order chi connectivity index (χ1) is 17.1. The van der Waals surface area contributed by atoms with Crippen molar-refractivity contribution in [3.05, 3.63) is 71.8 Å². The van der Waals surface area contributed by atoms with E-state index in [4.69, 9.17) is 14.2 Å². The van der Waals surface area contributed by atoms with Crippen molar-refractivity contribution in [3.8, 4) is 0 Å². The van der Waals surface area contributed by atoms with E-state index in [1.807, 2.05) is 65.6 Å². The van der Waals surface area contributed by atoms with Crippen molar-refractivity contribution >= 4 is 18.0 Å². The second-order valence-corrected chi connectivity index (χ2v) is 9.80.